The van der Waals surface area contributed by atoms with Crippen molar-refractivity contribution >= 4 is 11.8 Å². The van der Waals surface area contributed by atoms with Gasteiger partial charge in [-0.1, -0.05) is 24.8 Å². The molecule has 2 nitrogen and oxygen atoms in total. The molecule has 2 heteroatoms. The molecule has 0 aliphatic rings. The van der Waals surface area contributed by atoms with Crippen LogP contribution in [-0.2, 0) is 0 Å². The van der Waals surface area contributed by atoms with E-state index in [1.54, 1.807) is 6.08 Å². The second kappa shape index (κ2) is 3.99. The van der Waals surface area contributed by atoms with E-state index in [2.05, 4.69) is 6.58 Å². The van der Waals surface area contributed by atoms with E-state index in [-0.39, 0.29) is 6.10 Å². The highest BCUT2D eigenvalue weighted by Gasteiger charge is 2.04. The third-order valence-electron chi connectivity index (χ3n) is 1.68. The van der Waals surface area contributed by atoms with Gasteiger partial charge in [0.05, 0.1) is 11.8 Å². The Morgan fingerprint density at radius 3 is 2.69 bits per heavy atom. The summed E-state index contributed by atoms with van der Waals surface area (Å²) in [7, 11) is 0. The normalized spacial score (nSPS) is 10.1. The van der Waals surface area contributed by atoms with Crippen molar-refractivity contribution in [2.24, 2.45) is 0 Å². The van der Waals surface area contributed by atoms with Gasteiger partial charge in [-0.2, -0.15) is 0 Å². The molecular formula is C11H15NO. The summed E-state index contributed by atoms with van der Waals surface area (Å²) in [6.45, 7) is 7.62. The van der Waals surface area contributed by atoms with Gasteiger partial charge in [0.15, 0.2) is 0 Å². The van der Waals surface area contributed by atoms with Gasteiger partial charge in [-0.25, -0.2) is 0 Å². The number of nitrogens with two attached hydrogens (primary N) is 1. The quantitative estimate of drug-likeness (QED) is 0.720. The molecule has 0 aliphatic heterocycles. The molecule has 0 fully saturated rings. The minimum absolute atomic E-state index is 0.141. The van der Waals surface area contributed by atoms with E-state index in [9.17, 15) is 0 Å². The maximum atomic E-state index is 5.85. The van der Waals surface area contributed by atoms with Crippen molar-refractivity contribution in [2.75, 3.05) is 5.73 Å². The molecule has 0 aromatic heterocycles. The van der Waals surface area contributed by atoms with Crippen LogP contribution in [-0.4, -0.2) is 6.10 Å². The number of nitrogen functional groups attached to an aromatic ring is 1. The van der Waals surface area contributed by atoms with Gasteiger partial charge in [0.2, 0.25) is 0 Å². The number of anilines is 1. The fourth-order valence-electron chi connectivity index (χ4n) is 1.10. The zero-order valence-electron chi connectivity index (χ0n) is 8.08. The highest BCUT2D eigenvalue weighted by Crippen LogP contribution is 2.26. The maximum absolute atomic E-state index is 5.85. The van der Waals surface area contributed by atoms with Crippen molar-refractivity contribution in [3.63, 3.8) is 0 Å². The van der Waals surface area contributed by atoms with E-state index in [0.717, 1.165) is 11.3 Å². The first-order chi connectivity index (χ1) is 6.15. The van der Waals surface area contributed by atoms with Crippen LogP contribution < -0.4 is 10.5 Å². The Bertz CT molecular complexity index is 305. The Labute approximate surface area is 79.0 Å². The van der Waals surface area contributed by atoms with Crippen molar-refractivity contribution in [3.05, 3.63) is 30.3 Å². The number of rotatable bonds is 3. The van der Waals surface area contributed by atoms with Crippen molar-refractivity contribution in [3.8, 4) is 5.75 Å². The molecule has 2 N–H and O–H groups in total. The topological polar surface area (TPSA) is 35.2 Å². The van der Waals surface area contributed by atoms with E-state index in [1.807, 2.05) is 32.0 Å². The molecule has 0 saturated heterocycles. The SMILES string of the molecule is C=Cc1cccc(OC(C)C)c1N. The lowest BCUT2D eigenvalue weighted by Gasteiger charge is -2.13. The van der Waals surface area contributed by atoms with Crippen LogP contribution in [0.4, 0.5) is 5.69 Å². The Morgan fingerprint density at radius 1 is 1.46 bits per heavy atom. The number of hydrogen-bond donors (Lipinski definition) is 1. The first kappa shape index (κ1) is 9.65. The van der Waals surface area contributed by atoms with Crippen LogP contribution in [0.1, 0.15) is 19.4 Å². The van der Waals surface area contributed by atoms with Gasteiger partial charge in [0.1, 0.15) is 5.75 Å². The molecule has 1 aromatic rings. The molecule has 0 unspecified atom stereocenters. The Hall–Kier alpha value is -1.44. The third-order valence-corrected chi connectivity index (χ3v) is 1.68. The minimum Gasteiger partial charge on any atom is -0.489 e. The first-order valence-corrected chi connectivity index (χ1v) is 4.32. The third kappa shape index (κ3) is 2.25. The lowest BCUT2D eigenvalue weighted by atomic mass is 10.1. The maximum Gasteiger partial charge on any atom is 0.143 e. The second-order valence-electron chi connectivity index (χ2n) is 3.13. The largest absolute Gasteiger partial charge is 0.489 e. The summed E-state index contributed by atoms with van der Waals surface area (Å²) in [6.07, 6.45) is 1.87. The van der Waals surface area contributed by atoms with E-state index in [0.29, 0.717) is 5.69 Å². The van der Waals surface area contributed by atoms with Crippen molar-refractivity contribution in [2.45, 2.75) is 20.0 Å². The van der Waals surface area contributed by atoms with Gasteiger partial charge < -0.3 is 10.5 Å². The molecule has 0 spiro atoms. The lowest BCUT2D eigenvalue weighted by molar-refractivity contribution is 0.244. The highest BCUT2D eigenvalue weighted by molar-refractivity contribution is 5.69. The summed E-state index contributed by atoms with van der Waals surface area (Å²) < 4.78 is 5.51. The predicted molar refractivity (Wildman–Crippen MR) is 56.7 cm³/mol. The summed E-state index contributed by atoms with van der Waals surface area (Å²) in [5.74, 6) is 0.729. The molecule has 1 rings (SSSR count). The summed E-state index contributed by atoms with van der Waals surface area (Å²) in [4.78, 5) is 0. The van der Waals surface area contributed by atoms with Gasteiger partial charge in [-0.3, -0.25) is 0 Å². The number of benzene rings is 1. The fraction of sp³-hybridized carbons (Fsp3) is 0.273. The average Bonchev–Trinajstić information content (AvgIpc) is 2.08. The van der Waals surface area contributed by atoms with Gasteiger partial charge in [-0.05, 0) is 19.9 Å². The molecule has 0 saturated carbocycles. The lowest BCUT2D eigenvalue weighted by Crippen LogP contribution is -2.07. The molecule has 13 heavy (non-hydrogen) atoms. The minimum atomic E-state index is 0.141. The fourth-order valence-corrected chi connectivity index (χ4v) is 1.10. The monoisotopic (exact) mass is 177 g/mol. The van der Waals surface area contributed by atoms with E-state index in [4.69, 9.17) is 10.5 Å². The number of ether oxygens (including phenoxy) is 1. The van der Waals surface area contributed by atoms with Crippen LogP contribution in [0.2, 0.25) is 0 Å². The molecular weight excluding hydrogens is 162 g/mol. The summed E-state index contributed by atoms with van der Waals surface area (Å²) in [6, 6.07) is 5.68. The molecule has 1 aromatic carbocycles. The van der Waals surface area contributed by atoms with Crippen molar-refractivity contribution in [1.29, 1.82) is 0 Å². The van der Waals surface area contributed by atoms with E-state index < -0.39 is 0 Å². The van der Waals surface area contributed by atoms with Gasteiger partial charge in [0.25, 0.3) is 0 Å². The number of hydrogen-bond acceptors (Lipinski definition) is 2. The molecule has 70 valence electrons. The van der Waals surface area contributed by atoms with Crippen molar-refractivity contribution < 1.29 is 4.74 Å². The van der Waals surface area contributed by atoms with E-state index in [1.165, 1.54) is 0 Å². The highest BCUT2D eigenvalue weighted by atomic mass is 16.5. The summed E-state index contributed by atoms with van der Waals surface area (Å²) in [5.41, 5.74) is 7.42. The zero-order valence-corrected chi connectivity index (χ0v) is 8.08. The van der Waals surface area contributed by atoms with E-state index >= 15 is 0 Å². The van der Waals surface area contributed by atoms with Crippen LogP contribution in [0.25, 0.3) is 6.08 Å². The van der Waals surface area contributed by atoms with Crippen molar-refractivity contribution in [1.82, 2.24) is 0 Å². The second-order valence-corrected chi connectivity index (χ2v) is 3.13. The molecule has 0 atom stereocenters. The molecule has 0 heterocycles. The zero-order chi connectivity index (χ0) is 9.84. The van der Waals surface area contributed by atoms with Crippen LogP contribution in [0, 0.1) is 0 Å². The average molecular weight is 177 g/mol. The molecule has 0 bridgehead atoms. The summed E-state index contributed by atoms with van der Waals surface area (Å²) >= 11 is 0. The molecule has 0 amide bonds. The first-order valence-electron chi connectivity index (χ1n) is 4.32. The van der Waals surface area contributed by atoms with Gasteiger partial charge >= 0.3 is 0 Å². The Balaban J connectivity index is 3.01. The Morgan fingerprint density at radius 2 is 2.15 bits per heavy atom. The smallest absolute Gasteiger partial charge is 0.143 e. The standard InChI is InChI=1S/C11H15NO/c1-4-9-6-5-7-10(11(9)12)13-8(2)3/h4-8H,1,12H2,2-3H3. The van der Waals surface area contributed by atoms with Crippen LogP contribution in [0.15, 0.2) is 24.8 Å². The summed E-state index contributed by atoms with van der Waals surface area (Å²) in [5, 5.41) is 0. The Kier molecular flexibility index (Phi) is 2.96. The molecule has 0 radical (unpaired) electrons. The van der Waals surface area contributed by atoms with Gasteiger partial charge in [-0.15, -0.1) is 0 Å². The van der Waals surface area contributed by atoms with Gasteiger partial charge in [0, 0.05) is 5.56 Å². The number of para-hydroxylation sites is 1. The van der Waals surface area contributed by atoms with Crippen LogP contribution >= 0.6 is 0 Å². The predicted octanol–water partition coefficient (Wildman–Crippen LogP) is 2.70. The van der Waals surface area contributed by atoms with Crippen LogP contribution in [0.3, 0.4) is 0 Å². The van der Waals surface area contributed by atoms with Crippen LogP contribution in [0.5, 0.6) is 5.75 Å². The molecule has 0 aliphatic carbocycles.